The Labute approximate surface area is 393 Å². The number of allylic oxidation sites excluding steroid dienone is 2. The van der Waals surface area contributed by atoms with Crippen molar-refractivity contribution in [2.45, 2.75) is 55.4 Å². The molecular weight excluding hydrogens is 809 g/mol. The van der Waals surface area contributed by atoms with E-state index in [1.54, 1.807) is 12.1 Å². The normalized spacial score (nSPS) is 10.3. The first-order chi connectivity index (χ1) is 31.7. The van der Waals surface area contributed by atoms with Gasteiger partial charge in [0.15, 0.2) is 0 Å². The fourth-order valence-corrected chi connectivity index (χ4v) is 6.79. The second kappa shape index (κ2) is 24.5. The molecule has 336 valence electrons. The summed E-state index contributed by atoms with van der Waals surface area (Å²) in [4.78, 5) is 0. The van der Waals surface area contributed by atoms with Crippen LogP contribution in [0.5, 0.6) is 23.0 Å². The first-order valence-corrected chi connectivity index (χ1v) is 22.5. The molecule has 0 aromatic heterocycles. The van der Waals surface area contributed by atoms with Crippen LogP contribution in [-0.4, -0.2) is 10.2 Å². The molecular formula is C62H64O4. The lowest BCUT2D eigenvalue weighted by Gasteiger charge is -2.14. The largest absolute Gasteiger partial charge is 0.507 e. The maximum absolute atomic E-state index is 10.4. The van der Waals surface area contributed by atoms with Gasteiger partial charge in [-0.2, -0.15) is 0 Å². The van der Waals surface area contributed by atoms with E-state index in [4.69, 9.17) is 9.47 Å². The third-order valence-corrected chi connectivity index (χ3v) is 9.53. The average molecular weight is 873 g/mol. The number of rotatable bonds is 10. The predicted molar refractivity (Wildman–Crippen MR) is 281 cm³/mol. The van der Waals surface area contributed by atoms with Crippen molar-refractivity contribution in [2.24, 2.45) is 11.8 Å². The van der Waals surface area contributed by atoms with Gasteiger partial charge < -0.3 is 19.7 Å². The van der Waals surface area contributed by atoms with E-state index in [0.717, 1.165) is 90.1 Å². The molecule has 0 saturated carbocycles. The van der Waals surface area contributed by atoms with Gasteiger partial charge in [0.05, 0.1) is 11.5 Å². The molecule has 4 nitrogen and oxygen atoms in total. The molecule has 0 atom stereocenters. The highest BCUT2D eigenvalue weighted by Crippen LogP contribution is 2.40. The lowest BCUT2D eigenvalue weighted by Crippen LogP contribution is -1.93. The summed E-state index contributed by atoms with van der Waals surface area (Å²) in [7, 11) is 0. The van der Waals surface area contributed by atoms with Crippen molar-refractivity contribution in [3.63, 3.8) is 0 Å². The van der Waals surface area contributed by atoms with Gasteiger partial charge in [-0.05, 0) is 119 Å². The maximum Gasteiger partial charge on any atom is 0.134 e. The van der Waals surface area contributed by atoms with Crippen molar-refractivity contribution in [3.05, 3.63) is 219 Å². The van der Waals surface area contributed by atoms with Crippen molar-refractivity contribution in [3.8, 4) is 89.8 Å². The fraction of sp³-hybridized carbons (Fsp3) is 0.161. The monoisotopic (exact) mass is 872 g/mol. The molecule has 4 heteroatoms. The van der Waals surface area contributed by atoms with Crippen molar-refractivity contribution >= 4 is 0 Å². The Morgan fingerprint density at radius 1 is 0.333 bits per heavy atom. The molecule has 0 aliphatic carbocycles. The highest BCUT2D eigenvalue weighted by Gasteiger charge is 2.14. The van der Waals surface area contributed by atoms with Crippen LogP contribution < -0.4 is 9.47 Å². The van der Waals surface area contributed by atoms with Crippen LogP contribution in [0.15, 0.2) is 219 Å². The first kappa shape index (κ1) is 49.5. The molecule has 8 aromatic rings. The Morgan fingerprint density at radius 3 is 0.818 bits per heavy atom. The van der Waals surface area contributed by atoms with Gasteiger partial charge in [0.2, 0.25) is 0 Å². The lowest BCUT2D eigenvalue weighted by atomic mass is 9.95. The highest BCUT2D eigenvalue weighted by atomic mass is 16.5. The van der Waals surface area contributed by atoms with E-state index in [2.05, 4.69) is 91.1 Å². The zero-order valence-corrected chi connectivity index (χ0v) is 39.8. The van der Waals surface area contributed by atoms with E-state index >= 15 is 0 Å². The summed E-state index contributed by atoms with van der Waals surface area (Å²) in [6.07, 6.45) is 0. The quantitative estimate of drug-likeness (QED) is 0.134. The van der Waals surface area contributed by atoms with Crippen molar-refractivity contribution in [1.29, 1.82) is 0 Å². The molecule has 0 aliphatic rings. The lowest BCUT2D eigenvalue weighted by molar-refractivity contribution is 0.432. The first-order valence-electron chi connectivity index (χ1n) is 22.5. The third kappa shape index (κ3) is 14.8. The Kier molecular flexibility index (Phi) is 18.3. The number of benzene rings is 8. The second-order valence-corrected chi connectivity index (χ2v) is 17.4. The average Bonchev–Trinajstić information content (AvgIpc) is 3.30. The number of ether oxygens (including phenoxy) is 2. The van der Waals surface area contributed by atoms with Gasteiger partial charge in [-0.25, -0.2) is 0 Å². The minimum Gasteiger partial charge on any atom is -0.507 e. The molecule has 0 bridgehead atoms. The maximum atomic E-state index is 10.4. The zero-order valence-electron chi connectivity index (χ0n) is 39.8. The number of hydrogen-bond donors (Lipinski definition) is 2. The van der Waals surface area contributed by atoms with Crippen LogP contribution in [0, 0.1) is 11.8 Å². The smallest absolute Gasteiger partial charge is 0.134 e. The number of phenolic OH excluding ortho intramolecular Hbond substituents is 2. The van der Waals surface area contributed by atoms with Crippen molar-refractivity contribution in [2.75, 3.05) is 0 Å². The van der Waals surface area contributed by atoms with Crippen LogP contribution in [0.2, 0.25) is 0 Å². The van der Waals surface area contributed by atoms with Gasteiger partial charge in [-0.15, -0.1) is 0 Å². The summed E-state index contributed by atoms with van der Waals surface area (Å²) >= 11 is 0. The van der Waals surface area contributed by atoms with Crippen molar-refractivity contribution in [1.82, 2.24) is 0 Å². The molecule has 0 radical (unpaired) electrons. The van der Waals surface area contributed by atoms with Gasteiger partial charge in [0.25, 0.3) is 0 Å². The summed E-state index contributed by atoms with van der Waals surface area (Å²) in [6.45, 7) is 24.4. The van der Waals surface area contributed by atoms with Crippen LogP contribution >= 0.6 is 0 Å². The predicted octanol–water partition coefficient (Wildman–Crippen LogP) is 17.9. The molecule has 0 aliphatic heterocycles. The second-order valence-electron chi connectivity index (χ2n) is 17.4. The van der Waals surface area contributed by atoms with E-state index in [-0.39, 0.29) is 11.5 Å². The van der Waals surface area contributed by atoms with Gasteiger partial charge >= 0.3 is 0 Å². The van der Waals surface area contributed by atoms with Crippen LogP contribution in [0.4, 0.5) is 0 Å². The van der Waals surface area contributed by atoms with Crippen LogP contribution in [0.3, 0.4) is 0 Å². The zero-order chi connectivity index (χ0) is 47.6. The molecule has 66 heavy (non-hydrogen) atoms. The van der Waals surface area contributed by atoms with Gasteiger partial charge in [-0.1, -0.05) is 200 Å². The summed E-state index contributed by atoms with van der Waals surface area (Å²) in [5, 5.41) is 20.8. The Balaban J connectivity index is 0.000000213. The van der Waals surface area contributed by atoms with E-state index in [0.29, 0.717) is 11.5 Å². The Morgan fingerprint density at radius 2 is 0.561 bits per heavy atom. The van der Waals surface area contributed by atoms with E-state index in [9.17, 15) is 10.2 Å². The summed E-state index contributed by atoms with van der Waals surface area (Å²) in [5.74, 6) is 5.04. The molecule has 0 unspecified atom stereocenters. The fourth-order valence-electron chi connectivity index (χ4n) is 6.79. The minimum absolute atomic E-state index is 0.269. The molecule has 8 aromatic carbocycles. The number of phenols is 2. The Hall–Kier alpha value is -7.56. The Bertz CT molecular complexity index is 2570. The van der Waals surface area contributed by atoms with Crippen molar-refractivity contribution < 1.29 is 19.7 Å². The number of hydrogen-bond acceptors (Lipinski definition) is 4. The SMILES string of the molecule is C=C(C)Oc1ccc(-c2ccc(O)c(-c3ccccc3)c2)cc1-c1ccccc1.C=C(C)Oc1ccc(-c2ccc(O)c(-c3ccccc3)c2)cc1-c1ccccc1.CC(C)C.CC(C)C. The molecule has 0 saturated heterocycles. The molecule has 0 amide bonds. The van der Waals surface area contributed by atoms with Crippen LogP contribution in [0.1, 0.15) is 55.4 Å². The molecule has 0 heterocycles. The summed E-state index contributed by atoms with van der Waals surface area (Å²) in [6, 6.07) is 63.8. The van der Waals surface area contributed by atoms with Gasteiger partial charge in [-0.3, -0.25) is 0 Å². The van der Waals surface area contributed by atoms with E-state index in [1.165, 1.54) is 0 Å². The van der Waals surface area contributed by atoms with Gasteiger partial charge in [0, 0.05) is 22.3 Å². The van der Waals surface area contributed by atoms with Crippen LogP contribution in [-0.2, 0) is 0 Å². The molecule has 0 spiro atoms. The highest BCUT2D eigenvalue weighted by molar-refractivity contribution is 5.83. The molecule has 8 rings (SSSR count). The topological polar surface area (TPSA) is 58.9 Å². The van der Waals surface area contributed by atoms with E-state index < -0.39 is 0 Å². The summed E-state index contributed by atoms with van der Waals surface area (Å²) in [5.41, 5.74) is 11.9. The molecule has 0 fully saturated rings. The summed E-state index contributed by atoms with van der Waals surface area (Å²) < 4.78 is 11.7. The van der Waals surface area contributed by atoms with E-state index in [1.807, 2.05) is 159 Å². The standard InChI is InChI=1S/2C27H22O2.2C4H10/c2*1-19(2)29-27-16-14-23(18-25(27)21-11-7-4-8-12-21)22-13-15-26(28)24(17-22)20-9-5-3-6-10-20;2*1-4(2)3/h2*3-18,28H,1H2,2H3;2*4H,1-3H3. The molecule has 2 N–H and O–H groups in total. The van der Waals surface area contributed by atoms with Crippen LogP contribution in [0.25, 0.3) is 66.8 Å². The van der Waals surface area contributed by atoms with Gasteiger partial charge in [0.1, 0.15) is 23.0 Å². The number of aromatic hydroxyl groups is 2. The third-order valence-electron chi connectivity index (χ3n) is 9.53. The minimum atomic E-state index is 0.269.